The van der Waals surface area contributed by atoms with E-state index in [0.29, 0.717) is 0 Å². The summed E-state index contributed by atoms with van der Waals surface area (Å²) in [7, 11) is 0. The summed E-state index contributed by atoms with van der Waals surface area (Å²) in [6, 6.07) is 0. The quantitative estimate of drug-likeness (QED) is 0.614. The SMILES string of the molecule is CCNC(=S)SCC.N. The molecule has 0 unspecified atom stereocenters. The van der Waals surface area contributed by atoms with E-state index in [0.717, 1.165) is 16.6 Å². The van der Waals surface area contributed by atoms with Crippen molar-refractivity contribution < 1.29 is 0 Å². The molecule has 9 heavy (non-hydrogen) atoms. The molecular weight excluding hydrogens is 152 g/mol. The van der Waals surface area contributed by atoms with Crippen LogP contribution in [0.1, 0.15) is 13.8 Å². The van der Waals surface area contributed by atoms with E-state index >= 15 is 0 Å². The van der Waals surface area contributed by atoms with Gasteiger partial charge >= 0.3 is 0 Å². The van der Waals surface area contributed by atoms with E-state index in [4.69, 9.17) is 12.2 Å². The number of hydrogen-bond donors (Lipinski definition) is 2. The predicted molar refractivity (Wildman–Crippen MR) is 49.4 cm³/mol. The van der Waals surface area contributed by atoms with Crippen LogP contribution in [-0.2, 0) is 0 Å². The van der Waals surface area contributed by atoms with Gasteiger partial charge < -0.3 is 11.5 Å². The van der Waals surface area contributed by atoms with Crippen LogP contribution in [0.15, 0.2) is 0 Å². The Bertz CT molecular complexity index is 67.4. The fourth-order valence-corrected chi connectivity index (χ4v) is 1.33. The lowest BCUT2D eigenvalue weighted by atomic mass is 10.8. The van der Waals surface area contributed by atoms with Crippen LogP contribution in [0.25, 0.3) is 0 Å². The Hall–Kier alpha value is 0.200. The van der Waals surface area contributed by atoms with Crippen molar-refractivity contribution in [3.63, 3.8) is 0 Å². The molecule has 0 radical (unpaired) electrons. The van der Waals surface area contributed by atoms with Crippen molar-refractivity contribution in [1.29, 1.82) is 0 Å². The number of thiocarbonyl (C=S) groups is 1. The zero-order valence-corrected chi connectivity index (χ0v) is 7.57. The van der Waals surface area contributed by atoms with Crippen molar-refractivity contribution in [2.24, 2.45) is 0 Å². The van der Waals surface area contributed by atoms with E-state index in [9.17, 15) is 0 Å². The highest BCUT2D eigenvalue weighted by molar-refractivity contribution is 8.22. The second kappa shape index (κ2) is 8.20. The molecule has 0 aromatic heterocycles. The molecular formula is C5H14N2S2. The van der Waals surface area contributed by atoms with E-state index in [2.05, 4.69) is 12.2 Å². The molecule has 0 bridgehead atoms. The Kier molecular flexibility index (Phi) is 10.9. The molecule has 0 aromatic rings. The fourth-order valence-electron chi connectivity index (χ4n) is 0.326. The molecule has 0 heterocycles. The van der Waals surface area contributed by atoms with Crippen molar-refractivity contribution in [2.75, 3.05) is 12.3 Å². The van der Waals surface area contributed by atoms with Crippen molar-refractivity contribution >= 4 is 28.3 Å². The van der Waals surface area contributed by atoms with Gasteiger partial charge in [0.1, 0.15) is 4.32 Å². The molecule has 0 spiro atoms. The van der Waals surface area contributed by atoms with Gasteiger partial charge in [-0.3, -0.25) is 0 Å². The van der Waals surface area contributed by atoms with Crippen molar-refractivity contribution in [1.82, 2.24) is 11.5 Å². The summed E-state index contributed by atoms with van der Waals surface area (Å²) >= 11 is 6.58. The fraction of sp³-hybridized carbons (Fsp3) is 0.800. The molecule has 4 N–H and O–H groups in total. The first-order valence-corrected chi connectivity index (χ1v) is 4.11. The first kappa shape index (κ1) is 11.9. The Morgan fingerprint density at radius 1 is 1.56 bits per heavy atom. The highest BCUT2D eigenvalue weighted by Crippen LogP contribution is 1.98. The molecule has 0 saturated heterocycles. The van der Waals surface area contributed by atoms with E-state index in [1.165, 1.54) is 0 Å². The smallest absolute Gasteiger partial charge is 0.133 e. The third-order valence-corrected chi connectivity index (χ3v) is 1.79. The summed E-state index contributed by atoms with van der Waals surface area (Å²) in [5.41, 5.74) is 0. The van der Waals surface area contributed by atoms with E-state index in [-0.39, 0.29) is 6.15 Å². The summed E-state index contributed by atoms with van der Waals surface area (Å²) in [4.78, 5) is 0. The minimum Gasteiger partial charge on any atom is -0.371 e. The monoisotopic (exact) mass is 166 g/mol. The van der Waals surface area contributed by atoms with Crippen LogP contribution in [0.5, 0.6) is 0 Å². The molecule has 0 aromatic carbocycles. The molecule has 0 aliphatic heterocycles. The summed E-state index contributed by atoms with van der Waals surface area (Å²) in [6.07, 6.45) is 0. The molecule has 0 amide bonds. The first-order valence-electron chi connectivity index (χ1n) is 2.71. The Balaban J connectivity index is 0. The van der Waals surface area contributed by atoms with Crippen LogP contribution in [0.2, 0.25) is 0 Å². The maximum Gasteiger partial charge on any atom is 0.133 e. The number of hydrogen-bond acceptors (Lipinski definition) is 3. The minimum atomic E-state index is 0. The molecule has 4 heteroatoms. The van der Waals surface area contributed by atoms with Crippen LogP contribution in [0.3, 0.4) is 0 Å². The number of thioether (sulfide) groups is 1. The Morgan fingerprint density at radius 3 is 2.44 bits per heavy atom. The summed E-state index contributed by atoms with van der Waals surface area (Å²) in [6.45, 7) is 5.07. The summed E-state index contributed by atoms with van der Waals surface area (Å²) in [5, 5.41) is 3.04. The van der Waals surface area contributed by atoms with Gasteiger partial charge in [0.15, 0.2) is 0 Å². The van der Waals surface area contributed by atoms with E-state index in [1.807, 2.05) is 6.92 Å². The average Bonchev–Trinajstić information content (AvgIpc) is 1.68. The van der Waals surface area contributed by atoms with Gasteiger partial charge in [-0.05, 0) is 12.7 Å². The molecule has 0 rings (SSSR count). The highest BCUT2D eigenvalue weighted by atomic mass is 32.2. The van der Waals surface area contributed by atoms with Gasteiger partial charge in [-0.25, -0.2) is 0 Å². The van der Waals surface area contributed by atoms with Gasteiger partial charge in [0, 0.05) is 6.54 Å². The maximum atomic E-state index is 4.90. The van der Waals surface area contributed by atoms with Crippen LogP contribution in [0.4, 0.5) is 0 Å². The van der Waals surface area contributed by atoms with Crippen LogP contribution >= 0.6 is 24.0 Å². The largest absolute Gasteiger partial charge is 0.371 e. The summed E-state index contributed by atoms with van der Waals surface area (Å²) < 4.78 is 0.912. The Labute approximate surface area is 66.4 Å². The van der Waals surface area contributed by atoms with E-state index in [1.54, 1.807) is 11.8 Å². The van der Waals surface area contributed by atoms with Gasteiger partial charge in [-0.2, -0.15) is 0 Å². The Morgan fingerprint density at radius 2 is 2.11 bits per heavy atom. The van der Waals surface area contributed by atoms with Gasteiger partial charge in [0.25, 0.3) is 0 Å². The van der Waals surface area contributed by atoms with Crippen molar-refractivity contribution in [3.8, 4) is 0 Å². The first-order chi connectivity index (χ1) is 3.81. The van der Waals surface area contributed by atoms with Gasteiger partial charge in [-0.15, -0.1) is 0 Å². The second-order valence-electron chi connectivity index (χ2n) is 1.25. The molecule has 56 valence electrons. The minimum absolute atomic E-state index is 0. The van der Waals surface area contributed by atoms with Gasteiger partial charge in [0.05, 0.1) is 0 Å². The third-order valence-electron chi connectivity index (χ3n) is 0.597. The molecule has 0 atom stereocenters. The van der Waals surface area contributed by atoms with Crippen LogP contribution in [0, 0.1) is 0 Å². The number of nitrogens with one attached hydrogen (secondary N) is 1. The predicted octanol–water partition coefficient (Wildman–Crippen LogP) is 1.80. The lowest BCUT2D eigenvalue weighted by Gasteiger charge is -1.99. The topological polar surface area (TPSA) is 47.0 Å². The lowest BCUT2D eigenvalue weighted by molar-refractivity contribution is 0.995. The highest BCUT2D eigenvalue weighted by Gasteiger charge is 1.88. The molecule has 2 nitrogen and oxygen atoms in total. The second-order valence-corrected chi connectivity index (χ2v) is 3.19. The zero-order chi connectivity index (χ0) is 6.41. The molecule has 0 saturated carbocycles. The van der Waals surface area contributed by atoms with Crippen LogP contribution in [-0.4, -0.2) is 16.6 Å². The molecule has 0 aliphatic rings. The summed E-state index contributed by atoms with van der Waals surface area (Å²) in [5.74, 6) is 1.06. The standard InChI is InChI=1S/C5H11NS2.H3N/c1-3-6-5(7)8-4-2;/h3-4H2,1-2H3,(H,6,7);1H3. The zero-order valence-electron chi connectivity index (χ0n) is 5.94. The molecule has 0 fully saturated rings. The molecule has 0 aliphatic carbocycles. The normalized spacial score (nSPS) is 7.78. The van der Waals surface area contributed by atoms with Gasteiger partial charge in [-0.1, -0.05) is 30.9 Å². The van der Waals surface area contributed by atoms with Gasteiger partial charge in [0.2, 0.25) is 0 Å². The maximum absolute atomic E-state index is 4.90. The van der Waals surface area contributed by atoms with Crippen molar-refractivity contribution in [2.45, 2.75) is 13.8 Å². The van der Waals surface area contributed by atoms with Crippen LogP contribution < -0.4 is 11.5 Å². The van der Waals surface area contributed by atoms with Crippen molar-refractivity contribution in [3.05, 3.63) is 0 Å². The lowest BCUT2D eigenvalue weighted by Crippen LogP contribution is -2.16. The average molecular weight is 166 g/mol. The third kappa shape index (κ3) is 8.20. The van der Waals surface area contributed by atoms with E-state index < -0.39 is 0 Å². The number of rotatable bonds is 2.